The lowest BCUT2D eigenvalue weighted by Crippen LogP contribution is -2.52. The average Bonchev–Trinajstić information content (AvgIpc) is 2.94. The van der Waals surface area contributed by atoms with E-state index in [1.807, 2.05) is 52.8 Å². The topological polar surface area (TPSA) is 96.0 Å². The number of amides is 2. The first kappa shape index (κ1) is 31.7. The molecule has 220 valence electrons. The Morgan fingerprint density at radius 2 is 1.49 bits per heavy atom. The Morgan fingerprint density at radius 1 is 0.878 bits per heavy atom. The molecule has 0 aliphatic rings. The molecule has 0 saturated carbocycles. The third-order valence-corrected chi connectivity index (χ3v) is 8.62. The molecule has 0 radical (unpaired) electrons. The highest BCUT2D eigenvalue weighted by atomic mass is 32.2. The molecule has 0 aromatic heterocycles. The van der Waals surface area contributed by atoms with E-state index in [0.29, 0.717) is 24.4 Å². The summed E-state index contributed by atoms with van der Waals surface area (Å²) < 4.78 is 34.5. The minimum atomic E-state index is -4.11. The summed E-state index contributed by atoms with van der Waals surface area (Å²) in [6.45, 7) is 9.60. The van der Waals surface area contributed by atoms with Crippen LogP contribution in [0.3, 0.4) is 0 Å². The third kappa shape index (κ3) is 8.10. The zero-order chi connectivity index (χ0) is 30.2. The quantitative estimate of drug-likeness (QED) is 0.302. The van der Waals surface area contributed by atoms with Crippen LogP contribution in [0.15, 0.2) is 71.6 Å². The fourth-order valence-corrected chi connectivity index (χ4v) is 6.07. The number of carbonyl (C=O) groups excluding carboxylic acids is 2. The number of methoxy groups -OCH3 is 1. The van der Waals surface area contributed by atoms with Crippen molar-refractivity contribution in [1.82, 2.24) is 10.2 Å². The fraction of sp³-hybridized carbons (Fsp3) is 0.375. The van der Waals surface area contributed by atoms with Crippen molar-refractivity contribution in [2.75, 3.05) is 24.5 Å². The molecule has 8 nitrogen and oxygen atoms in total. The van der Waals surface area contributed by atoms with E-state index in [-0.39, 0.29) is 17.3 Å². The number of sulfonamides is 1. The van der Waals surface area contributed by atoms with Crippen molar-refractivity contribution in [1.29, 1.82) is 0 Å². The summed E-state index contributed by atoms with van der Waals surface area (Å²) in [4.78, 5) is 28.9. The SMILES string of the molecule is CCCNC(=O)[C@H](CC)N(Cc1ccc(OC)cc1)C(=O)CN(c1cc(C)cc(C)c1)S(=O)(=O)c1ccc(C)cc1. The summed E-state index contributed by atoms with van der Waals surface area (Å²) in [6, 6.07) is 18.5. The molecule has 1 N–H and O–H groups in total. The number of carbonyl (C=O) groups is 2. The normalized spacial score (nSPS) is 12.0. The van der Waals surface area contributed by atoms with Crippen LogP contribution in [0, 0.1) is 20.8 Å². The second kappa shape index (κ2) is 14.2. The Kier molecular flexibility index (Phi) is 10.9. The van der Waals surface area contributed by atoms with Crippen molar-refractivity contribution < 1.29 is 22.7 Å². The van der Waals surface area contributed by atoms with E-state index in [1.54, 1.807) is 55.6 Å². The number of nitrogens with one attached hydrogen (secondary N) is 1. The van der Waals surface area contributed by atoms with Crippen molar-refractivity contribution >= 4 is 27.5 Å². The maximum atomic E-state index is 14.2. The van der Waals surface area contributed by atoms with Crippen molar-refractivity contribution in [3.8, 4) is 5.75 Å². The Hall–Kier alpha value is -3.85. The van der Waals surface area contributed by atoms with Crippen molar-refractivity contribution in [2.24, 2.45) is 0 Å². The largest absolute Gasteiger partial charge is 0.497 e. The number of rotatable bonds is 13. The highest BCUT2D eigenvalue weighted by molar-refractivity contribution is 7.92. The van der Waals surface area contributed by atoms with E-state index < -0.39 is 28.5 Å². The van der Waals surface area contributed by atoms with Gasteiger partial charge in [-0.2, -0.15) is 0 Å². The molecule has 2 amide bonds. The van der Waals surface area contributed by atoms with E-state index in [9.17, 15) is 18.0 Å². The molecule has 0 saturated heterocycles. The first-order valence-electron chi connectivity index (χ1n) is 13.9. The van der Waals surface area contributed by atoms with E-state index in [1.165, 1.54) is 4.90 Å². The maximum absolute atomic E-state index is 14.2. The van der Waals surface area contributed by atoms with Crippen molar-refractivity contribution in [2.45, 2.75) is 64.9 Å². The predicted octanol–water partition coefficient (Wildman–Crippen LogP) is 5.15. The number of hydrogen-bond donors (Lipinski definition) is 1. The smallest absolute Gasteiger partial charge is 0.264 e. The highest BCUT2D eigenvalue weighted by Crippen LogP contribution is 2.27. The maximum Gasteiger partial charge on any atom is 0.264 e. The van der Waals surface area contributed by atoms with Crippen LogP contribution < -0.4 is 14.4 Å². The summed E-state index contributed by atoms with van der Waals surface area (Å²) in [5.74, 6) is -0.0748. The number of ether oxygens (including phenoxy) is 1. The lowest BCUT2D eigenvalue weighted by molar-refractivity contribution is -0.140. The van der Waals surface area contributed by atoms with Gasteiger partial charge >= 0.3 is 0 Å². The molecule has 0 unspecified atom stereocenters. The van der Waals surface area contributed by atoms with E-state index in [0.717, 1.165) is 33.0 Å². The second-order valence-electron chi connectivity index (χ2n) is 10.3. The van der Waals surface area contributed by atoms with E-state index >= 15 is 0 Å². The second-order valence-corrected chi connectivity index (χ2v) is 12.1. The van der Waals surface area contributed by atoms with Gasteiger partial charge in [0.15, 0.2) is 0 Å². The standard InChI is InChI=1S/C32H41N3O5S/c1-7-17-33-32(37)30(8-2)34(21-26-11-13-28(40-6)14-12-26)31(36)22-35(27-19-24(4)18-25(5)20-27)41(38,39)29-15-9-23(3)10-16-29/h9-16,18-20,30H,7-8,17,21-22H2,1-6H3,(H,33,37)/t30-/m0/s1. The first-order valence-corrected chi connectivity index (χ1v) is 15.3. The Bertz CT molecular complexity index is 1420. The average molecular weight is 580 g/mol. The van der Waals surface area contributed by atoms with Gasteiger partial charge in [0.2, 0.25) is 11.8 Å². The Labute approximate surface area is 244 Å². The van der Waals surface area contributed by atoms with Crippen LogP contribution >= 0.6 is 0 Å². The van der Waals surface area contributed by atoms with Crippen LogP contribution in [-0.4, -0.2) is 51.4 Å². The van der Waals surface area contributed by atoms with Gasteiger partial charge in [-0.25, -0.2) is 8.42 Å². The van der Waals surface area contributed by atoms with Gasteiger partial charge < -0.3 is 15.0 Å². The molecule has 0 bridgehead atoms. The molecule has 3 rings (SSSR count). The van der Waals surface area contributed by atoms with Crippen LogP contribution in [0.2, 0.25) is 0 Å². The first-order chi connectivity index (χ1) is 19.5. The molecule has 41 heavy (non-hydrogen) atoms. The van der Waals surface area contributed by atoms with Crippen LogP contribution in [0.4, 0.5) is 5.69 Å². The van der Waals surface area contributed by atoms with E-state index in [2.05, 4.69) is 5.32 Å². The fourth-order valence-electron chi connectivity index (χ4n) is 4.67. The Morgan fingerprint density at radius 3 is 2.02 bits per heavy atom. The van der Waals surface area contributed by atoms with Gasteiger partial charge in [-0.05, 0) is 86.7 Å². The molecule has 0 fully saturated rings. The molecule has 9 heteroatoms. The van der Waals surface area contributed by atoms with Crippen LogP contribution in [-0.2, 0) is 26.2 Å². The monoisotopic (exact) mass is 579 g/mol. The van der Waals surface area contributed by atoms with Gasteiger partial charge in [-0.3, -0.25) is 13.9 Å². The van der Waals surface area contributed by atoms with Gasteiger partial charge in [0.1, 0.15) is 18.3 Å². The van der Waals surface area contributed by atoms with Gasteiger partial charge in [-0.15, -0.1) is 0 Å². The molecule has 0 aliphatic heterocycles. The molecule has 1 atom stereocenters. The van der Waals surface area contributed by atoms with Crippen molar-refractivity contribution in [3.05, 3.63) is 89.0 Å². The highest BCUT2D eigenvalue weighted by Gasteiger charge is 2.33. The van der Waals surface area contributed by atoms with Crippen LogP contribution in [0.5, 0.6) is 5.75 Å². The van der Waals surface area contributed by atoms with E-state index in [4.69, 9.17) is 4.74 Å². The summed E-state index contributed by atoms with van der Waals surface area (Å²) >= 11 is 0. The predicted molar refractivity (Wildman–Crippen MR) is 163 cm³/mol. The zero-order valence-corrected chi connectivity index (χ0v) is 25.6. The van der Waals surface area contributed by atoms with Gasteiger partial charge in [-0.1, -0.05) is 49.7 Å². The molecule has 0 heterocycles. The van der Waals surface area contributed by atoms with Gasteiger partial charge in [0.05, 0.1) is 17.7 Å². The summed E-state index contributed by atoms with van der Waals surface area (Å²) in [6.07, 6.45) is 1.12. The number of aryl methyl sites for hydroxylation is 3. The minimum Gasteiger partial charge on any atom is -0.497 e. The van der Waals surface area contributed by atoms with Gasteiger partial charge in [0.25, 0.3) is 10.0 Å². The number of hydrogen-bond acceptors (Lipinski definition) is 5. The lowest BCUT2D eigenvalue weighted by Gasteiger charge is -2.33. The summed E-state index contributed by atoms with van der Waals surface area (Å²) in [5, 5.41) is 2.90. The molecule has 3 aromatic carbocycles. The molecular weight excluding hydrogens is 538 g/mol. The minimum absolute atomic E-state index is 0.0875. The third-order valence-electron chi connectivity index (χ3n) is 6.83. The number of nitrogens with zero attached hydrogens (tertiary/aromatic N) is 2. The summed E-state index contributed by atoms with van der Waals surface area (Å²) in [7, 11) is -2.54. The lowest BCUT2D eigenvalue weighted by atomic mass is 10.1. The van der Waals surface area contributed by atoms with Crippen LogP contribution in [0.25, 0.3) is 0 Å². The van der Waals surface area contributed by atoms with Gasteiger partial charge in [0, 0.05) is 13.1 Å². The molecular formula is C32H41N3O5S. The summed E-state index contributed by atoms with van der Waals surface area (Å²) in [5.41, 5.74) is 3.85. The Balaban J connectivity index is 2.07. The molecule has 0 aliphatic carbocycles. The van der Waals surface area contributed by atoms with Crippen molar-refractivity contribution in [3.63, 3.8) is 0 Å². The molecule has 3 aromatic rings. The molecule has 0 spiro atoms. The zero-order valence-electron chi connectivity index (χ0n) is 24.8. The van der Waals surface area contributed by atoms with Crippen LogP contribution in [0.1, 0.15) is 48.9 Å². The number of benzene rings is 3. The number of anilines is 1.